The first kappa shape index (κ1) is 24.7. The fraction of sp³-hybridized carbons (Fsp3) is 0.179. The van der Waals surface area contributed by atoms with Gasteiger partial charge in [0.25, 0.3) is 0 Å². The van der Waals surface area contributed by atoms with E-state index in [-0.39, 0.29) is 0 Å². The van der Waals surface area contributed by atoms with Crippen molar-refractivity contribution in [1.29, 1.82) is 0 Å². The van der Waals surface area contributed by atoms with Crippen molar-refractivity contribution in [3.05, 3.63) is 67.0 Å². The van der Waals surface area contributed by atoms with Gasteiger partial charge < -0.3 is 29.0 Å². The maximum atomic E-state index is 5.55. The van der Waals surface area contributed by atoms with Gasteiger partial charge in [-0.2, -0.15) is 0 Å². The molecule has 1 N–H and O–H groups in total. The lowest BCUT2D eigenvalue weighted by Gasteiger charge is -2.12. The number of benzene rings is 3. The highest BCUT2D eigenvalue weighted by atomic mass is 16.5. The average Bonchev–Trinajstić information content (AvgIpc) is 3.37. The smallest absolute Gasteiger partial charge is 0.170 e. The molecule has 194 valence electrons. The Morgan fingerprint density at radius 2 is 1.32 bits per heavy atom. The van der Waals surface area contributed by atoms with Crippen molar-refractivity contribution in [2.75, 3.05) is 40.9 Å². The summed E-state index contributed by atoms with van der Waals surface area (Å²) >= 11 is 0. The molecule has 38 heavy (non-hydrogen) atoms. The number of ether oxygens (including phenoxy) is 5. The largest absolute Gasteiger partial charge is 0.497 e. The molecule has 0 aliphatic carbocycles. The van der Waals surface area contributed by atoms with Gasteiger partial charge in [0.1, 0.15) is 17.9 Å². The molecule has 10 heteroatoms. The number of hydrogen-bond acceptors (Lipinski definition) is 9. The van der Waals surface area contributed by atoms with E-state index in [4.69, 9.17) is 28.7 Å². The maximum Gasteiger partial charge on any atom is 0.170 e. The summed E-state index contributed by atoms with van der Waals surface area (Å²) in [5.74, 6) is 4.38. The number of methoxy groups -OCH3 is 5. The van der Waals surface area contributed by atoms with E-state index < -0.39 is 0 Å². The molecule has 2 aromatic heterocycles. The lowest BCUT2D eigenvalue weighted by atomic mass is 10.2. The molecule has 0 atom stereocenters. The van der Waals surface area contributed by atoms with Crippen LogP contribution < -0.4 is 29.0 Å². The fourth-order valence-electron chi connectivity index (χ4n) is 4.18. The minimum atomic E-state index is 0.538. The third kappa shape index (κ3) is 4.47. The van der Waals surface area contributed by atoms with E-state index in [1.165, 1.54) is 6.33 Å². The zero-order chi connectivity index (χ0) is 26.6. The molecule has 0 aliphatic heterocycles. The highest BCUT2D eigenvalue weighted by Gasteiger charge is 2.20. The van der Waals surface area contributed by atoms with E-state index in [0.717, 1.165) is 22.7 Å². The molecule has 0 bridgehead atoms. The maximum absolute atomic E-state index is 5.55. The first-order chi connectivity index (χ1) is 18.6. The topological polar surface area (TPSA) is 102 Å². The lowest BCUT2D eigenvalue weighted by molar-refractivity contribution is 0.355. The van der Waals surface area contributed by atoms with Crippen molar-refractivity contribution in [3.63, 3.8) is 0 Å². The Bertz CT molecular complexity index is 1580. The summed E-state index contributed by atoms with van der Waals surface area (Å²) in [5.41, 5.74) is 3.64. The van der Waals surface area contributed by atoms with Crippen LogP contribution in [0.1, 0.15) is 0 Å². The molecule has 0 saturated heterocycles. The van der Waals surface area contributed by atoms with E-state index in [2.05, 4.69) is 15.3 Å². The van der Waals surface area contributed by atoms with Gasteiger partial charge in [-0.05, 0) is 54.6 Å². The Labute approximate surface area is 219 Å². The van der Waals surface area contributed by atoms with Gasteiger partial charge in [0, 0.05) is 23.0 Å². The lowest BCUT2D eigenvalue weighted by Crippen LogP contribution is -2.01. The van der Waals surface area contributed by atoms with E-state index in [9.17, 15) is 0 Å². The summed E-state index contributed by atoms with van der Waals surface area (Å²) in [6, 6.07) is 18.9. The van der Waals surface area contributed by atoms with Gasteiger partial charge >= 0.3 is 0 Å². The van der Waals surface area contributed by atoms with Crippen molar-refractivity contribution in [2.24, 2.45) is 0 Å². The molecule has 0 saturated carbocycles. The van der Waals surface area contributed by atoms with Crippen LogP contribution in [0.25, 0.3) is 28.2 Å². The third-order valence-electron chi connectivity index (χ3n) is 6.06. The van der Waals surface area contributed by atoms with Crippen molar-refractivity contribution < 1.29 is 23.7 Å². The van der Waals surface area contributed by atoms with Gasteiger partial charge in [-0.3, -0.25) is 4.57 Å². The van der Waals surface area contributed by atoms with Crippen molar-refractivity contribution in [2.45, 2.75) is 0 Å². The quantitative estimate of drug-likeness (QED) is 0.282. The van der Waals surface area contributed by atoms with Gasteiger partial charge in [0.2, 0.25) is 0 Å². The molecule has 5 aromatic rings. The summed E-state index contributed by atoms with van der Waals surface area (Å²) in [5, 5.41) is 3.35. The SMILES string of the molecule is COc1ccc(-n2c(-c3ccc(OC)c(OC)c3)nc3c(Nc4ccc(OC)c(OC)c4)ncnc32)cc1. The van der Waals surface area contributed by atoms with Gasteiger partial charge in [-0.25, -0.2) is 15.0 Å². The summed E-state index contributed by atoms with van der Waals surface area (Å²) in [6.07, 6.45) is 1.51. The molecule has 3 aromatic carbocycles. The molecule has 2 heterocycles. The number of rotatable bonds is 9. The van der Waals surface area contributed by atoms with Crippen molar-refractivity contribution in [3.8, 4) is 45.8 Å². The van der Waals surface area contributed by atoms with Crippen LogP contribution in [0.3, 0.4) is 0 Å². The molecule has 0 radical (unpaired) electrons. The predicted octanol–water partition coefficient (Wildman–Crippen LogP) is 5.27. The molecule has 0 spiro atoms. The van der Waals surface area contributed by atoms with Crippen LogP contribution in [0.2, 0.25) is 0 Å². The van der Waals surface area contributed by atoms with Gasteiger partial charge in [0.05, 0.1) is 35.5 Å². The van der Waals surface area contributed by atoms with E-state index in [0.29, 0.717) is 45.8 Å². The second kappa shape index (κ2) is 10.6. The summed E-state index contributed by atoms with van der Waals surface area (Å²) < 4.78 is 29.1. The fourth-order valence-corrected chi connectivity index (χ4v) is 4.18. The Balaban J connectivity index is 1.69. The van der Waals surface area contributed by atoms with E-state index in [1.54, 1.807) is 35.5 Å². The normalized spacial score (nSPS) is 10.8. The standard InChI is InChI=1S/C28H27N5O5/c1-34-20-10-8-19(9-11-20)33-27(17-6-12-21(35-2)23(14-17)37-4)32-25-26(29-16-30-28(25)33)31-18-7-13-22(36-3)24(15-18)38-5/h6-16H,1-5H3,(H,29,30,31). The van der Waals surface area contributed by atoms with Gasteiger partial charge in [-0.15, -0.1) is 0 Å². The third-order valence-corrected chi connectivity index (χ3v) is 6.06. The van der Waals surface area contributed by atoms with E-state index in [1.807, 2.05) is 65.2 Å². The minimum absolute atomic E-state index is 0.538. The molecule has 0 unspecified atom stereocenters. The molecule has 0 aliphatic rings. The van der Waals surface area contributed by atoms with Crippen LogP contribution in [0.15, 0.2) is 67.0 Å². The zero-order valence-electron chi connectivity index (χ0n) is 21.7. The number of nitrogens with zero attached hydrogens (tertiary/aromatic N) is 4. The van der Waals surface area contributed by atoms with Crippen LogP contribution in [-0.4, -0.2) is 55.1 Å². The Kier molecular flexibility index (Phi) is 6.86. The van der Waals surface area contributed by atoms with Gasteiger partial charge in [0.15, 0.2) is 40.0 Å². The number of aromatic nitrogens is 4. The molecule has 0 amide bonds. The van der Waals surface area contributed by atoms with Crippen molar-refractivity contribution in [1.82, 2.24) is 19.5 Å². The van der Waals surface area contributed by atoms with Crippen LogP contribution in [0.5, 0.6) is 28.7 Å². The second-order valence-electron chi connectivity index (χ2n) is 8.13. The van der Waals surface area contributed by atoms with Crippen LogP contribution >= 0.6 is 0 Å². The molecule has 5 rings (SSSR count). The van der Waals surface area contributed by atoms with Crippen molar-refractivity contribution >= 4 is 22.7 Å². The van der Waals surface area contributed by atoms with Gasteiger partial charge in [-0.1, -0.05) is 0 Å². The molecule has 10 nitrogen and oxygen atoms in total. The summed E-state index contributed by atoms with van der Waals surface area (Å²) in [4.78, 5) is 14.1. The number of imidazole rings is 1. The summed E-state index contributed by atoms with van der Waals surface area (Å²) in [6.45, 7) is 0. The minimum Gasteiger partial charge on any atom is -0.497 e. The number of fused-ring (bicyclic) bond motifs is 1. The highest BCUT2D eigenvalue weighted by molar-refractivity contribution is 5.90. The molecular weight excluding hydrogens is 486 g/mol. The Hall–Kier alpha value is -4.99. The Morgan fingerprint density at radius 1 is 0.658 bits per heavy atom. The monoisotopic (exact) mass is 513 g/mol. The molecule has 0 fully saturated rings. The van der Waals surface area contributed by atoms with Crippen LogP contribution in [0.4, 0.5) is 11.5 Å². The number of hydrogen-bond donors (Lipinski definition) is 1. The Morgan fingerprint density at radius 3 is 1.97 bits per heavy atom. The number of anilines is 2. The predicted molar refractivity (Wildman–Crippen MR) is 145 cm³/mol. The first-order valence-corrected chi connectivity index (χ1v) is 11.7. The zero-order valence-corrected chi connectivity index (χ0v) is 21.7. The first-order valence-electron chi connectivity index (χ1n) is 11.7. The van der Waals surface area contributed by atoms with E-state index >= 15 is 0 Å². The highest BCUT2D eigenvalue weighted by Crippen LogP contribution is 2.37. The number of nitrogens with one attached hydrogen (secondary N) is 1. The second-order valence-corrected chi connectivity index (χ2v) is 8.13. The summed E-state index contributed by atoms with van der Waals surface area (Å²) in [7, 11) is 8.03. The van der Waals surface area contributed by atoms with Crippen LogP contribution in [-0.2, 0) is 0 Å². The molecular formula is C28H27N5O5. The average molecular weight is 514 g/mol. The van der Waals surface area contributed by atoms with Crippen LogP contribution in [0, 0.1) is 0 Å².